The average Bonchev–Trinajstić information content (AvgIpc) is 2.37. The van der Waals surface area contributed by atoms with E-state index in [0.717, 1.165) is 11.4 Å². The Labute approximate surface area is 107 Å². The summed E-state index contributed by atoms with van der Waals surface area (Å²) in [6, 6.07) is 7.37. The highest BCUT2D eigenvalue weighted by atomic mass is 32.2. The third-order valence-corrected chi connectivity index (χ3v) is 3.50. The maximum absolute atomic E-state index is 12.1. The van der Waals surface area contributed by atoms with Crippen molar-refractivity contribution in [3.8, 4) is 0 Å². The molecule has 4 nitrogen and oxygen atoms in total. The molecule has 0 fully saturated rings. The molecule has 0 saturated carbocycles. The summed E-state index contributed by atoms with van der Waals surface area (Å²) in [7, 11) is 1.83. The Balaban J connectivity index is 2.74. The van der Waals surface area contributed by atoms with Crippen molar-refractivity contribution in [2.45, 2.75) is 13.0 Å². The number of anilines is 1. The van der Waals surface area contributed by atoms with Crippen molar-refractivity contribution in [1.82, 2.24) is 4.90 Å². The third kappa shape index (κ3) is 3.64. The lowest BCUT2D eigenvalue weighted by Gasteiger charge is -2.24. The Kier molecular flexibility index (Phi) is 5.31. The molecule has 0 radical (unpaired) electrons. The molecule has 0 aliphatic heterocycles. The molecule has 1 amide bonds. The Morgan fingerprint density at radius 3 is 2.53 bits per heavy atom. The van der Waals surface area contributed by atoms with Gasteiger partial charge in [-0.05, 0) is 37.4 Å². The van der Waals surface area contributed by atoms with Crippen LogP contribution in [0.1, 0.15) is 17.3 Å². The van der Waals surface area contributed by atoms with Gasteiger partial charge in [0.05, 0.1) is 0 Å². The van der Waals surface area contributed by atoms with Crippen LogP contribution in [0.5, 0.6) is 0 Å². The van der Waals surface area contributed by atoms with Gasteiger partial charge in [0.25, 0.3) is 5.91 Å². The maximum atomic E-state index is 12.1. The Bertz CT molecular complexity index is 367. The average molecular weight is 253 g/mol. The van der Waals surface area contributed by atoms with E-state index in [1.165, 1.54) is 0 Å². The number of amides is 1. The van der Waals surface area contributed by atoms with E-state index in [0.29, 0.717) is 5.56 Å². The molecule has 1 unspecified atom stereocenters. The van der Waals surface area contributed by atoms with E-state index in [1.807, 2.05) is 20.2 Å². The number of hydrogen-bond donors (Lipinski definition) is 2. The largest absolute Gasteiger partial charge is 0.338 e. The first-order valence-electron chi connectivity index (χ1n) is 5.43. The molecule has 0 aromatic heterocycles. The fraction of sp³-hybridized carbons (Fsp3) is 0.417. The van der Waals surface area contributed by atoms with Gasteiger partial charge in [0.15, 0.2) is 0 Å². The van der Waals surface area contributed by atoms with Gasteiger partial charge in [0.2, 0.25) is 0 Å². The number of nitrogen functional groups attached to an aromatic ring is 1. The first-order chi connectivity index (χ1) is 8.10. The van der Waals surface area contributed by atoms with Gasteiger partial charge in [0, 0.05) is 30.1 Å². The molecule has 5 heteroatoms. The van der Waals surface area contributed by atoms with Crippen LogP contribution < -0.4 is 11.3 Å². The molecule has 1 aromatic carbocycles. The lowest BCUT2D eigenvalue weighted by Crippen LogP contribution is -2.36. The van der Waals surface area contributed by atoms with Crippen molar-refractivity contribution in [3.05, 3.63) is 29.8 Å². The van der Waals surface area contributed by atoms with Gasteiger partial charge < -0.3 is 10.3 Å². The van der Waals surface area contributed by atoms with Crippen molar-refractivity contribution < 1.29 is 4.79 Å². The summed E-state index contributed by atoms with van der Waals surface area (Å²) in [5.41, 5.74) is 4.01. The second-order valence-corrected chi connectivity index (χ2v) is 4.85. The lowest BCUT2D eigenvalue weighted by molar-refractivity contribution is 0.0757. The summed E-state index contributed by atoms with van der Waals surface area (Å²) in [5.74, 6) is 6.25. The van der Waals surface area contributed by atoms with Crippen LogP contribution in [0.15, 0.2) is 24.3 Å². The fourth-order valence-electron chi connectivity index (χ4n) is 1.47. The fourth-order valence-corrected chi connectivity index (χ4v) is 2.17. The first kappa shape index (κ1) is 13.9. The predicted octanol–water partition coefficient (Wildman–Crippen LogP) is 1.80. The number of thioether (sulfide) groups is 1. The second kappa shape index (κ2) is 6.51. The van der Waals surface area contributed by atoms with Crippen LogP contribution in [0.2, 0.25) is 0 Å². The van der Waals surface area contributed by atoms with Gasteiger partial charge in [-0.1, -0.05) is 0 Å². The predicted molar refractivity (Wildman–Crippen MR) is 74.2 cm³/mol. The monoisotopic (exact) mass is 253 g/mol. The molecule has 0 saturated heterocycles. The number of nitrogens with one attached hydrogen (secondary N) is 1. The molecule has 1 aromatic rings. The van der Waals surface area contributed by atoms with Crippen molar-refractivity contribution >= 4 is 23.4 Å². The smallest absolute Gasteiger partial charge is 0.253 e. The van der Waals surface area contributed by atoms with E-state index in [4.69, 9.17) is 5.84 Å². The molecule has 0 heterocycles. The van der Waals surface area contributed by atoms with Crippen molar-refractivity contribution in [1.29, 1.82) is 0 Å². The van der Waals surface area contributed by atoms with Crippen LogP contribution >= 0.6 is 11.8 Å². The minimum Gasteiger partial charge on any atom is -0.338 e. The Morgan fingerprint density at radius 1 is 1.47 bits per heavy atom. The van der Waals surface area contributed by atoms with Crippen LogP contribution in [0.25, 0.3) is 0 Å². The van der Waals surface area contributed by atoms with E-state index in [1.54, 1.807) is 40.9 Å². The molecule has 1 atom stereocenters. The van der Waals surface area contributed by atoms with Crippen molar-refractivity contribution in [3.63, 3.8) is 0 Å². The zero-order valence-corrected chi connectivity index (χ0v) is 11.3. The highest BCUT2D eigenvalue weighted by molar-refractivity contribution is 7.98. The zero-order valence-electron chi connectivity index (χ0n) is 10.4. The van der Waals surface area contributed by atoms with E-state index in [2.05, 4.69) is 5.43 Å². The normalized spacial score (nSPS) is 12.0. The standard InChI is InChI=1S/C12H19N3OS/c1-9(8-17-3)15(2)12(16)10-4-6-11(14-13)7-5-10/h4-7,9,14H,8,13H2,1-3H3. The number of hydrogen-bond acceptors (Lipinski definition) is 4. The van der Waals surface area contributed by atoms with Crippen molar-refractivity contribution in [2.24, 2.45) is 5.84 Å². The number of nitrogens with two attached hydrogens (primary N) is 1. The number of carbonyl (C=O) groups is 1. The molecule has 94 valence electrons. The number of benzene rings is 1. The Hall–Kier alpha value is -1.20. The second-order valence-electron chi connectivity index (χ2n) is 3.94. The SMILES string of the molecule is CSCC(C)N(C)C(=O)c1ccc(NN)cc1. The molecule has 0 spiro atoms. The van der Waals surface area contributed by atoms with Crippen LogP contribution in [0.3, 0.4) is 0 Å². The highest BCUT2D eigenvalue weighted by Gasteiger charge is 2.16. The zero-order chi connectivity index (χ0) is 12.8. The Morgan fingerprint density at radius 2 is 2.06 bits per heavy atom. The van der Waals surface area contributed by atoms with Crippen molar-refractivity contribution in [2.75, 3.05) is 24.5 Å². The topological polar surface area (TPSA) is 58.4 Å². The summed E-state index contributed by atoms with van der Waals surface area (Å²) in [6.07, 6.45) is 2.04. The molecule has 3 N–H and O–H groups in total. The summed E-state index contributed by atoms with van der Waals surface area (Å²) >= 11 is 1.74. The molecular formula is C12H19N3OS. The molecular weight excluding hydrogens is 234 g/mol. The van der Waals surface area contributed by atoms with E-state index in [-0.39, 0.29) is 11.9 Å². The number of carbonyl (C=O) groups excluding carboxylic acids is 1. The lowest BCUT2D eigenvalue weighted by atomic mass is 10.1. The van der Waals surface area contributed by atoms with Gasteiger partial charge in [0.1, 0.15) is 0 Å². The van der Waals surface area contributed by atoms with Crippen LogP contribution in [-0.2, 0) is 0 Å². The van der Waals surface area contributed by atoms with Gasteiger partial charge in [-0.15, -0.1) is 0 Å². The third-order valence-electron chi connectivity index (χ3n) is 2.69. The van der Waals surface area contributed by atoms with Crippen LogP contribution in [0.4, 0.5) is 5.69 Å². The van der Waals surface area contributed by atoms with E-state index in [9.17, 15) is 4.79 Å². The molecule has 0 aliphatic rings. The summed E-state index contributed by atoms with van der Waals surface area (Å²) in [6.45, 7) is 2.05. The minimum atomic E-state index is 0.0371. The van der Waals surface area contributed by atoms with E-state index >= 15 is 0 Å². The van der Waals surface area contributed by atoms with Gasteiger partial charge in [-0.25, -0.2) is 0 Å². The number of nitrogens with zero attached hydrogens (tertiary/aromatic N) is 1. The maximum Gasteiger partial charge on any atom is 0.253 e. The highest BCUT2D eigenvalue weighted by Crippen LogP contribution is 2.12. The minimum absolute atomic E-state index is 0.0371. The van der Waals surface area contributed by atoms with Gasteiger partial charge >= 0.3 is 0 Å². The summed E-state index contributed by atoms with van der Waals surface area (Å²) < 4.78 is 0. The number of rotatable bonds is 5. The van der Waals surface area contributed by atoms with Crippen LogP contribution in [0, 0.1) is 0 Å². The molecule has 0 bridgehead atoms. The number of hydrazine groups is 1. The summed E-state index contributed by atoms with van der Waals surface area (Å²) in [4.78, 5) is 13.9. The van der Waals surface area contributed by atoms with Crippen LogP contribution in [-0.4, -0.2) is 35.9 Å². The van der Waals surface area contributed by atoms with Gasteiger partial charge in [-0.2, -0.15) is 11.8 Å². The first-order valence-corrected chi connectivity index (χ1v) is 6.82. The molecule has 17 heavy (non-hydrogen) atoms. The summed E-state index contributed by atoms with van der Waals surface area (Å²) in [5, 5.41) is 0. The molecule has 1 rings (SSSR count). The molecule has 0 aliphatic carbocycles. The van der Waals surface area contributed by atoms with E-state index < -0.39 is 0 Å². The van der Waals surface area contributed by atoms with Gasteiger partial charge in [-0.3, -0.25) is 10.6 Å². The quantitative estimate of drug-likeness (QED) is 0.620.